The molecule has 2 aromatic rings. The maximum Gasteiger partial charge on any atom is 0.230 e. The fourth-order valence-corrected chi connectivity index (χ4v) is 2.62. The number of amides is 1. The van der Waals surface area contributed by atoms with Crippen molar-refractivity contribution in [2.24, 2.45) is 0 Å². The Labute approximate surface area is 121 Å². The van der Waals surface area contributed by atoms with Gasteiger partial charge in [-0.1, -0.05) is 32.9 Å². The quantitative estimate of drug-likeness (QED) is 0.936. The SMILES string of the molecule is CC(C)(C)c1csc(NC(=O)Cc2cccc(F)c2)n1. The monoisotopic (exact) mass is 292 g/mol. The number of nitrogens with zero attached hydrogens (tertiary/aromatic N) is 1. The Kier molecular flexibility index (Phi) is 4.18. The van der Waals surface area contributed by atoms with Crippen molar-refractivity contribution < 1.29 is 9.18 Å². The van der Waals surface area contributed by atoms with Gasteiger partial charge in [0.05, 0.1) is 12.1 Å². The van der Waals surface area contributed by atoms with Crippen molar-refractivity contribution in [2.45, 2.75) is 32.6 Å². The molecule has 0 aliphatic heterocycles. The first-order chi connectivity index (χ1) is 9.34. The maximum atomic E-state index is 13.0. The molecule has 5 heteroatoms. The average molecular weight is 292 g/mol. The van der Waals surface area contributed by atoms with Crippen LogP contribution < -0.4 is 5.32 Å². The number of benzene rings is 1. The molecule has 0 aliphatic rings. The van der Waals surface area contributed by atoms with Gasteiger partial charge in [-0.05, 0) is 17.7 Å². The molecule has 1 aromatic heterocycles. The molecule has 1 N–H and O–H groups in total. The summed E-state index contributed by atoms with van der Waals surface area (Å²) >= 11 is 1.40. The van der Waals surface area contributed by atoms with Gasteiger partial charge in [0.25, 0.3) is 0 Å². The smallest absolute Gasteiger partial charge is 0.230 e. The second-order valence-electron chi connectivity index (χ2n) is 5.64. The van der Waals surface area contributed by atoms with Gasteiger partial charge in [0.1, 0.15) is 5.82 Å². The highest BCUT2D eigenvalue weighted by atomic mass is 32.1. The van der Waals surface area contributed by atoms with E-state index in [1.54, 1.807) is 12.1 Å². The lowest BCUT2D eigenvalue weighted by Gasteiger charge is -2.14. The third-order valence-corrected chi connectivity index (χ3v) is 3.53. The lowest BCUT2D eigenvalue weighted by molar-refractivity contribution is -0.115. The molecule has 2 rings (SSSR count). The number of anilines is 1. The molecule has 0 saturated carbocycles. The van der Waals surface area contributed by atoms with Gasteiger partial charge in [-0.25, -0.2) is 9.37 Å². The van der Waals surface area contributed by atoms with E-state index in [0.717, 1.165) is 5.69 Å². The fourth-order valence-electron chi connectivity index (χ4n) is 1.67. The van der Waals surface area contributed by atoms with Crippen molar-refractivity contribution >= 4 is 22.4 Å². The Morgan fingerprint density at radius 3 is 2.75 bits per heavy atom. The van der Waals surface area contributed by atoms with Gasteiger partial charge in [0.15, 0.2) is 5.13 Å². The van der Waals surface area contributed by atoms with E-state index in [1.807, 2.05) is 5.38 Å². The normalized spacial score (nSPS) is 11.4. The van der Waals surface area contributed by atoms with Crippen LogP contribution in [-0.4, -0.2) is 10.9 Å². The molecule has 0 radical (unpaired) electrons. The van der Waals surface area contributed by atoms with E-state index in [1.165, 1.54) is 23.5 Å². The summed E-state index contributed by atoms with van der Waals surface area (Å²) in [5.41, 5.74) is 1.56. The first-order valence-electron chi connectivity index (χ1n) is 6.35. The van der Waals surface area contributed by atoms with Gasteiger partial charge >= 0.3 is 0 Å². The van der Waals surface area contributed by atoms with Crippen LogP contribution in [0.25, 0.3) is 0 Å². The molecule has 0 spiro atoms. The lowest BCUT2D eigenvalue weighted by Crippen LogP contribution is -2.15. The Balaban J connectivity index is 2.00. The molecule has 1 amide bonds. The van der Waals surface area contributed by atoms with E-state index < -0.39 is 0 Å². The highest BCUT2D eigenvalue weighted by Crippen LogP contribution is 2.26. The van der Waals surface area contributed by atoms with E-state index in [2.05, 4.69) is 31.1 Å². The second-order valence-corrected chi connectivity index (χ2v) is 6.50. The van der Waals surface area contributed by atoms with Crippen molar-refractivity contribution in [3.63, 3.8) is 0 Å². The number of rotatable bonds is 3. The van der Waals surface area contributed by atoms with Crippen LogP contribution in [-0.2, 0) is 16.6 Å². The number of nitrogens with one attached hydrogen (secondary N) is 1. The van der Waals surface area contributed by atoms with Crippen LogP contribution in [0.5, 0.6) is 0 Å². The minimum absolute atomic E-state index is 0.0396. The van der Waals surface area contributed by atoms with Crippen LogP contribution in [0.1, 0.15) is 32.0 Å². The van der Waals surface area contributed by atoms with E-state index >= 15 is 0 Å². The third kappa shape index (κ3) is 3.87. The minimum Gasteiger partial charge on any atom is -0.302 e. The number of carbonyl (C=O) groups is 1. The summed E-state index contributed by atoms with van der Waals surface area (Å²) in [6, 6.07) is 6.05. The zero-order valence-electron chi connectivity index (χ0n) is 11.7. The molecule has 1 aromatic carbocycles. The van der Waals surface area contributed by atoms with E-state index in [-0.39, 0.29) is 23.6 Å². The van der Waals surface area contributed by atoms with Crippen LogP contribution in [0.3, 0.4) is 0 Å². The standard InChI is InChI=1S/C15H17FN2OS/c1-15(2,3)12-9-20-14(17-12)18-13(19)8-10-5-4-6-11(16)7-10/h4-7,9H,8H2,1-3H3,(H,17,18,19). The zero-order chi connectivity index (χ0) is 14.8. The molecule has 0 atom stereocenters. The summed E-state index contributed by atoms with van der Waals surface area (Å²) in [5.74, 6) is -0.523. The van der Waals surface area contributed by atoms with Gasteiger partial charge in [0.2, 0.25) is 5.91 Å². The number of aromatic nitrogens is 1. The van der Waals surface area contributed by atoms with Crippen LogP contribution in [0, 0.1) is 5.82 Å². The number of thiazole rings is 1. The first kappa shape index (κ1) is 14.7. The van der Waals surface area contributed by atoms with Gasteiger partial charge in [-0.15, -0.1) is 11.3 Å². The molecule has 0 saturated heterocycles. The third-order valence-electron chi connectivity index (χ3n) is 2.77. The average Bonchev–Trinajstić information content (AvgIpc) is 2.76. The van der Waals surface area contributed by atoms with Crippen molar-refractivity contribution in [3.8, 4) is 0 Å². The summed E-state index contributed by atoms with van der Waals surface area (Å²) in [4.78, 5) is 16.3. The maximum absolute atomic E-state index is 13.0. The summed E-state index contributed by atoms with van der Waals surface area (Å²) in [7, 11) is 0. The van der Waals surface area contributed by atoms with Crippen molar-refractivity contribution in [1.29, 1.82) is 0 Å². The summed E-state index contributed by atoms with van der Waals surface area (Å²) in [6.45, 7) is 6.21. The Morgan fingerprint density at radius 1 is 1.40 bits per heavy atom. The van der Waals surface area contributed by atoms with Gasteiger partial charge in [0, 0.05) is 10.8 Å². The Bertz CT molecular complexity index is 616. The molecule has 0 bridgehead atoms. The largest absolute Gasteiger partial charge is 0.302 e. The van der Waals surface area contributed by atoms with Gasteiger partial charge in [-0.3, -0.25) is 4.79 Å². The second kappa shape index (κ2) is 5.71. The van der Waals surface area contributed by atoms with Crippen LogP contribution >= 0.6 is 11.3 Å². The number of halogens is 1. The molecule has 20 heavy (non-hydrogen) atoms. The molecular formula is C15H17FN2OS. The highest BCUT2D eigenvalue weighted by Gasteiger charge is 2.18. The van der Waals surface area contributed by atoms with Crippen LogP contribution in [0.4, 0.5) is 9.52 Å². The van der Waals surface area contributed by atoms with Crippen LogP contribution in [0.15, 0.2) is 29.6 Å². The lowest BCUT2D eigenvalue weighted by atomic mass is 9.93. The topological polar surface area (TPSA) is 42.0 Å². The number of hydrogen-bond acceptors (Lipinski definition) is 3. The van der Waals surface area contributed by atoms with Crippen LogP contribution in [0.2, 0.25) is 0 Å². The first-order valence-corrected chi connectivity index (χ1v) is 7.23. The fraction of sp³-hybridized carbons (Fsp3) is 0.333. The Hall–Kier alpha value is -1.75. The van der Waals surface area contributed by atoms with E-state index in [0.29, 0.717) is 10.7 Å². The Morgan fingerprint density at radius 2 is 2.15 bits per heavy atom. The predicted molar refractivity (Wildman–Crippen MR) is 79.5 cm³/mol. The van der Waals surface area contributed by atoms with Crippen molar-refractivity contribution in [2.75, 3.05) is 5.32 Å². The minimum atomic E-state index is -0.334. The molecule has 1 heterocycles. The molecule has 0 unspecified atom stereocenters. The van der Waals surface area contributed by atoms with E-state index in [4.69, 9.17) is 0 Å². The van der Waals surface area contributed by atoms with Gasteiger partial charge < -0.3 is 5.32 Å². The highest BCUT2D eigenvalue weighted by molar-refractivity contribution is 7.13. The van der Waals surface area contributed by atoms with Crippen molar-refractivity contribution in [3.05, 3.63) is 46.7 Å². The van der Waals surface area contributed by atoms with Gasteiger partial charge in [-0.2, -0.15) is 0 Å². The van der Waals surface area contributed by atoms with Crippen molar-refractivity contribution in [1.82, 2.24) is 4.98 Å². The molecule has 0 fully saturated rings. The van der Waals surface area contributed by atoms with E-state index in [9.17, 15) is 9.18 Å². The molecule has 106 valence electrons. The number of hydrogen-bond donors (Lipinski definition) is 1. The molecule has 3 nitrogen and oxygen atoms in total. The molecular weight excluding hydrogens is 275 g/mol. The summed E-state index contributed by atoms with van der Waals surface area (Å²) < 4.78 is 13.0. The predicted octanol–water partition coefficient (Wildman–Crippen LogP) is 3.76. The summed E-state index contributed by atoms with van der Waals surface area (Å²) in [5, 5.41) is 5.27. The zero-order valence-corrected chi connectivity index (χ0v) is 12.6. The molecule has 0 aliphatic carbocycles. The summed E-state index contributed by atoms with van der Waals surface area (Å²) in [6.07, 6.45) is 0.141. The number of carbonyl (C=O) groups excluding carboxylic acids is 1.